The molecule has 0 spiro atoms. The molecular weight excluding hydrogens is 538 g/mol. The molecular formula is C28H30F2N6O5. The maximum absolute atomic E-state index is 14.1. The minimum atomic E-state index is -1.53. The number of carboxylic acids is 1. The van der Waals surface area contributed by atoms with Gasteiger partial charge in [0.15, 0.2) is 11.6 Å². The van der Waals surface area contributed by atoms with Crippen molar-refractivity contribution in [2.45, 2.75) is 24.9 Å². The second kappa shape index (κ2) is 13.2. The summed E-state index contributed by atoms with van der Waals surface area (Å²) in [6, 6.07) is 9.14. The Hall–Kier alpha value is -4.54. The predicted octanol–water partition coefficient (Wildman–Crippen LogP) is 2.86. The summed E-state index contributed by atoms with van der Waals surface area (Å²) in [5.74, 6) is -3.87. The number of nitriles is 1. The van der Waals surface area contributed by atoms with E-state index in [2.05, 4.69) is 26.9 Å². The number of piperidine rings is 1. The van der Waals surface area contributed by atoms with E-state index in [1.54, 1.807) is 6.07 Å². The number of hydrogen-bond donors (Lipinski definition) is 4. The van der Waals surface area contributed by atoms with Gasteiger partial charge in [0.2, 0.25) is 0 Å². The Balaban J connectivity index is 1.40. The molecule has 0 aromatic heterocycles. The molecule has 11 nitrogen and oxygen atoms in total. The van der Waals surface area contributed by atoms with Crippen LogP contribution in [0.15, 0.2) is 53.7 Å². The number of amides is 4. The van der Waals surface area contributed by atoms with Gasteiger partial charge in [-0.25, -0.2) is 28.1 Å². The van der Waals surface area contributed by atoms with E-state index in [-0.39, 0.29) is 30.5 Å². The minimum absolute atomic E-state index is 0.0947. The first-order valence-corrected chi connectivity index (χ1v) is 13.0. The molecule has 0 radical (unpaired) electrons. The number of urea groups is 2. The molecule has 4 amide bonds. The number of nitrogens with zero attached hydrogens (tertiary/aromatic N) is 3. The summed E-state index contributed by atoms with van der Waals surface area (Å²) in [5, 5.41) is 27.6. The van der Waals surface area contributed by atoms with Crippen molar-refractivity contribution in [3.63, 3.8) is 0 Å². The van der Waals surface area contributed by atoms with E-state index in [0.29, 0.717) is 17.0 Å². The first kappa shape index (κ1) is 29.4. The highest BCUT2D eigenvalue weighted by Crippen LogP contribution is 2.34. The van der Waals surface area contributed by atoms with Crippen LogP contribution in [0.5, 0.6) is 0 Å². The zero-order valence-corrected chi connectivity index (χ0v) is 22.3. The van der Waals surface area contributed by atoms with Gasteiger partial charge in [0.1, 0.15) is 12.1 Å². The molecule has 4 rings (SSSR count). The molecule has 1 fully saturated rings. The molecule has 1 unspecified atom stereocenters. The number of rotatable bonds is 9. The molecule has 0 aliphatic carbocycles. The van der Waals surface area contributed by atoms with Crippen molar-refractivity contribution in [3.05, 3.63) is 76.5 Å². The molecule has 0 bridgehead atoms. The average molecular weight is 569 g/mol. The van der Waals surface area contributed by atoms with Gasteiger partial charge in [-0.1, -0.05) is 18.2 Å². The maximum atomic E-state index is 14.1. The normalized spacial score (nSPS) is 17.7. The number of carboxylic acid groups (broad SMARTS) is 1. The van der Waals surface area contributed by atoms with Gasteiger partial charge in [-0.05, 0) is 42.7 Å². The molecule has 41 heavy (non-hydrogen) atoms. The van der Waals surface area contributed by atoms with Crippen LogP contribution in [0, 0.1) is 23.0 Å². The first-order chi connectivity index (χ1) is 19.7. The Kier molecular flexibility index (Phi) is 9.49. The van der Waals surface area contributed by atoms with E-state index in [0.717, 1.165) is 49.8 Å². The largest absolute Gasteiger partial charge is 0.478 e. The predicted molar refractivity (Wildman–Crippen MR) is 144 cm³/mol. The summed E-state index contributed by atoms with van der Waals surface area (Å²) in [6.45, 7) is 1.70. The summed E-state index contributed by atoms with van der Waals surface area (Å²) in [4.78, 5) is 41.1. The lowest BCUT2D eigenvalue weighted by atomic mass is 9.93. The van der Waals surface area contributed by atoms with Crippen molar-refractivity contribution in [3.8, 4) is 6.07 Å². The third-order valence-corrected chi connectivity index (χ3v) is 7.03. The van der Waals surface area contributed by atoms with Crippen LogP contribution in [-0.2, 0) is 9.53 Å². The van der Waals surface area contributed by atoms with Crippen LogP contribution >= 0.6 is 0 Å². The van der Waals surface area contributed by atoms with Crippen molar-refractivity contribution in [1.82, 2.24) is 20.9 Å². The lowest BCUT2D eigenvalue weighted by molar-refractivity contribution is -0.133. The lowest BCUT2D eigenvalue weighted by Gasteiger charge is -2.36. The second-order valence-corrected chi connectivity index (χ2v) is 9.58. The third-order valence-electron chi connectivity index (χ3n) is 7.03. The van der Waals surface area contributed by atoms with Gasteiger partial charge in [0, 0.05) is 39.3 Å². The molecule has 1 saturated heterocycles. The smallest absolute Gasteiger partial charge is 0.335 e. The van der Waals surface area contributed by atoms with Crippen LogP contribution in [0.2, 0.25) is 0 Å². The summed E-state index contributed by atoms with van der Waals surface area (Å²) >= 11 is 0. The standard InChI is InChI=1S/C28H30F2N6O5/c1-41-16-22-24(26(37)38)25(17-6-7-20(29)21(30)14-17)36(28(40)34-22)27(39)33-11-10-32-19-8-12-35(13-9-19)23-5-3-2-4-18(23)15-31/h2-7,14,19,25,32H,8-13,16H2,1H3,(H,33,39)(H,34,40)(H,37,38). The van der Waals surface area contributed by atoms with Crippen molar-refractivity contribution in [2.24, 2.45) is 0 Å². The Labute approximate surface area is 235 Å². The molecule has 2 aromatic rings. The van der Waals surface area contributed by atoms with Gasteiger partial charge in [-0.2, -0.15) is 5.26 Å². The van der Waals surface area contributed by atoms with E-state index >= 15 is 0 Å². The van der Waals surface area contributed by atoms with Crippen LogP contribution < -0.4 is 20.9 Å². The van der Waals surface area contributed by atoms with Crippen LogP contribution in [-0.4, -0.2) is 74.0 Å². The molecule has 2 aliphatic heterocycles. The number of ether oxygens (including phenoxy) is 1. The Morgan fingerprint density at radius 2 is 1.88 bits per heavy atom. The number of anilines is 1. The number of carbonyl (C=O) groups is 3. The van der Waals surface area contributed by atoms with Crippen molar-refractivity contribution in [2.75, 3.05) is 44.8 Å². The number of para-hydroxylation sites is 1. The van der Waals surface area contributed by atoms with Gasteiger partial charge in [-0.15, -0.1) is 0 Å². The number of carbonyl (C=O) groups excluding carboxylic acids is 2. The van der Waals surface area contributed by atoms with E-state index in [1.807, 2.05) is 18.2 Å². The zero-order chi connectivity index (χ0) is 29.5. The number of hydrogen-bond acceptors (Lipinski definition) is 7. The molecule has 2 aliphatic rings. The average Bonchev–Trinajstić information content (AvgIpc) is 2.96. The van der Waals surface area contributed by atoms with E-state index in [9.17, 15) is 33.5 Å². The maximum Gasteiger partial charge on any atom is 0.335 e. The zero-order valence-electron chi connectivity index (χ0n) is 22.3. The quantitative estimate of drug-likeness (QED) is 0.338. The highest BCUT2D eigenvalue weighted by atomic mass is 19.2. The number of halogens is 2. The SMILES string of the molecule is COCC1=C(C(=O)O)C(c2ccc(F)c(F)c2)N(C(=O)NCCNC2CCN(c3ccccc3C#N)CC2)C(=O)N1. The summed E-state index contributed by atoms with van der Waals surface area (Å²) in [6.07, 6.45) is 1.63. The third kappa shape index (κ3) is 6.62. The number of imide groups is 1. The fraction of sp³-hybridized carbons (Fsp3) is 0.357. The first-order valence-electron chi connectivity index (χ1n) is 13.0. The summed E-state index contributed by atoms with van der Waals surface area (Å²) in [5.41, 5.74) is 0.923. The number of nitrogens with one attached hydrogen (secondary N) is 3. The monoisotopic (exact) mass is 568 g/mol. The Morgan fingerprint density at radius 1 is 1.15 bits per heavy atom. The molecule has 0 saturated carbocycles. The molecule has 4 N–H and O–H groups in total. The van der Waals surface area contributed by atoms with E-state index < -0.39 is 41.3 Å². The lowest BCUT2D eigenvalue weighted by Crippen LogP contribution is -2.55. The molecule has 13 heteroatoms. The molecule has 2 aromatic carbocycles. The van der Waals surface area contributed by atoms with Gasteiger partial charge < -0.3 is 30.7 Å². The van der Waals surface area contributed by atoms with Gasteiger partial charge in [0.25, 0.3) is 0 Å². The molecule has 1 atom stereocenters. The minimum Gasteiger partial charge on any atom is -0.478 e. The van der Waals surface area contributed by atoms with Crippen LogP contribution in [0.4, 0.5) is 24.1 Å². The molecule has 216 valence electrons. The van der Waals surface area contributed by atoms with Gasteiger partial charge >= 0.3 is 18.0 Å². The fourth-order valence-corrected chi connectivity index (χ4v) is 5.08. The van der Waals surface area contributed by atoms with Crippen molar-refractivity contribution in [1.29, 1.82) is 5.26 Å². The topological polar surface area (TPSA) is 147 Å². The van der Waals surface area contributed by atoms with E-state index in [4.69, 9.17) is 4.74 Å². The number of methoxy groups -OCH3 is 1. The second-order valence-electron chi connectivity index (χ2n) is 9.58. The highest BCUT2D eigenvalue weighted by molar-refractivity contribution is 6.01. The Morgan fingerprint density at radius 3 is 2.54 bits per heavy atom. The van der Waals surface area contributed by atoms with Crippen LogP contribution in [0.1, 0.15) is 30.0 Å². The van der Waals surface area contributed by atoms with Gasteiger partial charge in [0.05, 0.1) is 29.1 Å². The summed E-state index contributed by atoms with van der Waals surface area (Å²) < 4.78 is 32.7. The van der Waals surface area contributed by atoms with Crippen molar-refractivity contribution < 1.29 is 33.0 Å². The van der Waals surface area contributed by atoms with Crippen molar-refractivity contribution >= 4 is 23.7 Å². The van der Waals surface area contributed by atoms with E-state index in [1.165, 1.54) is 7.11 Å². The summed E-state index contributed by atoms with van der Waals surface area (Å²) in [7, 11) is 1.30. The fourth-order valence-electron chi connectivity index (χ4n) is 5.08. The number of aliphatic carboxylic acids is 1. The van der Waals surface area contributed by atoms with Gasteiger partial charge in [-0.3, -0.25) is 0 Å². The number of benzene rings is 2. The highest BCUT2D eigenvalue weighted by Gasteiger charge is 2.42. The van der Waals surface area contributed by atoms with Crippen LogP contribution in [0.3, 0.4) is 0 Å². The molecule has 2 heterocycles. The Bertz CT molecular complexity index is 1390. The van der Waals surface area contributed by atoms with Crippen LogP contribution in [0.25, 0.3) is 0 Å².